The molecule has 7 nitrogen and oxygen atoms in total. The Hall–Kier alpha value is -3.00. The van der Waals surface area contributed by atoms with Gasteiger partial charge in [0.15, 0.2) is 6.61 Å². The lowest BCUT2D eigenvalue weighted by atomic mass is 10.1. The molecular weight excluding hydrogens is 414 g/mol. The smallest absolute Gasteiger partial charge is 0.277 e. The van der Waals surface area contributed by atoms with Crippen LogP contribution < -0.4 is 10.2 Å². The van der Waals surface area contributed by atoms with Crippen LogP contribution in [0.15, 0.2) is 52.0 Å². The highest BCUT2D eigenvalue weighted by molar-refractivity contribution is 9.10. The van der Waals surface area contributed by atoms with Gasteiger partial charge in [-0.15, -0.1) is 0 Å². The largest absolute Gasteiger partial charge is 0.482 e. The lowest BCUT2D eigenvalue weighted by Crippen LogP contribution is -2.24. The molecular formula is C19H18BrN3O4. The van der Waals surface area contributed by atoms with Crippen LogP contribution in [0.25, 0.3) is 6.08 Å². The molecule has 8 heteroatoms. The normalized spacial score (nSPS) is 11.1. The van der Waals surface area contributed by atoms with Crippen molar-refractivity contribution < 1.29 is 14.5 Å². The molecule has 0 heterocycles. The van der Waals surface area contributed by atoms with E-state index in [2.05, 4.69) is 26.5 Å². The van der Waals surface area contributed by atoms with Crippen LogP contribution in [0.1, 0.15) is 16.7 Å². The second kappa shape index (κ2) is 9.63. The number of hydrogen-bond acceptors (Lipinski definition) is 5. The Kier molecular flexibility index (Phi) is 7.25. The molecule has 2 aromatic rings. The number of hydrazone groups is 1. The third-order valence-electron chi connectivity index (χ3n) is 3.44. The number of allylic oxidation sites excluding steroid dienone is 1. The zero-order valence-corrected chi connectivity index (χ0v) is 16.4. The zero-order chi connectivity index (χ0) is 19.8. The highest BCUT2D eigenvalue weighted by atomic mass is 79.9. The maximum atomic E-state index is 11.8. The van der Waals surface area contributed by atoms with Crippen LogP contribution in [0.5, 0.6) is 5.75 Å². The Morgan fingerprint density at radius 3 is 2.81 bits per heavy atom. The summed E-state index contributed by atoms with van der Waals surface area (Å²) in [5.41, 5.74) is 5.04. The Bertz CT molecular complexity index is 887. The van der Waals surface area contributed by atoms with Crippen LogP contribution >= 0.6 is 15.9 Å². The number of nitro groups is 1. The molecule has 0 spiro atoms. The van der Waals surface area contributed by atoms with Gasteiger partial charge in [-0.2, -0.15) is 5.10 Å². The number of carbonyl (C=O) groups is 1. The number of nitrogens with one attached hydrogen (secondary N) is 1. The van der Waals surface area contributed by atoms with Crippen molar-refractivity contribution in [2.45, 2.75) is 13.8 Å². The molecule has 0 saturated carbocycles. The first-order chi connectivity index (χ1) is 12.9. The number of benzene rings is 2. The molecule has 2 aromatic carbocycles. The summed E-state index contributed by atoms with van der Waals surface area (Å²) in [6, 6.07) is 10.1. The Morgan fingerprint density at radius 1 is 1.33 bits per heavy atom. The van der Waals surface area contributed by atoms with Crippen molar-refractivity contribution in [3.8, 4) is 5.75 Å². The summed E-state index contributed by atoms with van der Waals surface area (Å²) < 4.78 is 6.32. The molecule has 0 aliphatic rings. The lowest BCUT2D eigenvalue weighted by Gasteiger charge is -2.11. The molecule has 0 aliphatic heterocycles. The molecule has 2 rings (SSSR count). The van der Waals surface area contributed by atoms with Crippen LogP contribution in [-0.4, -0.2) is 23.7 Å². The Morgan fingerprint density at radius 2 is 2.11 bits per heavy atom. The summed E-state index contributed by atoms with van der Waals surface area (Å²) >= 11 is 3.42. The van der Waals surface area contributed by atoms with Gasteiger partial charge < -0.3 is 4.74 Å². The number of carbonyl (C=O) groups excluding carboxylic acids is 1. The SMILES string of the molecule is Cc1cc(C)c(OCC(=O)N/N=C/C=C/c2cccc([N+](=O)[O-])c2)c(Br)c1. The fraction of sp³-hybridized carbons (Fsp3) is 0.158. The van der Waals surface area contributed by atoms with E-state index in [0.717, 1.165) is 15.6 Å². The summed E-state index contributed by atoms with van der Waals surface area (Å²) in [5.74, 6) is 0.215. The number of aryl methyl sites for hydroxylation is 2. The standard InChI is InChI=1S/C19H18BrN3O4/c1-13-9-14(2)19(17(20)10-13)27-12-18(24)22-21-8-4-6-15-5-3-7-16(11-15)23(25)26/h3-11H,12H2,1-2H3,(H,22,24)/b6-4+,21-8+. The van der Waals surface area contributed by atoms with E-state index in [1.165, 1.54) is 18.3 Å². The van der Waals surface area contributed by atoms with Gasteiger partial charge in [0.2, 0.25) is 0 Å². The number of non-ortho nitro benzene ring substituents is 1. The van der Waals surface area contributed by atoms with Crippen molar-refractivity contribution in [3.05, 3.63) is 73.8 Å². The van der Waals surface area contributed by atoms with Crippen molar-refractivity contribution in [2.75, 3.05) is 6.61 Å². The van der Waals surface area contributed by atoms with E-state index in [1.54, 1.807) is 24.3 Å². The summed E-state index contributed by atoms with van der Waals surface area (Å²) in [5, 5.41) is 14.5. The number of hydrogen-bond donors (Lipinski definition) is 1. The second-order valence-corrected chi connectivity index (χ2v) is 6.56. The van der Waals surface area contributed by atoms with Crippen LogP contribution in [-0.2, 0) is 4.79 Å². The average molecular weight is 432 g/mol. The molecule has 0 aliphatic carbocycles. The fourth-order valence-electron chi connectivity index (χ4n) is 2.30. The predicted octanol–water partition coefficient (Wildman–Crippen LogP) is 4.17. The van der Waals surface area contributed by atoms with Gasteiger partial charge in [0.25, 0.3) is 11.6 Å². The molecule has 0 saturated heterocycles. The van der Waals surface area contributed by atoms with Gasteiger partial charge in [0, 0.05) is 18.3 Å². The molecule has 0 aromatic heterocycles. The maximum absolute atomic E-state index is 11.8. The van der Waals surface area contributed by atoms with E-state index in [-0.39, 0.29) is 12.3 Å². The van der Waals surface area contributed by atoms with E-state index < -0.39 is 10.8 Å². The minimum absolute atomic E-state index is 0.0112. The maximum Gasteiger partial charge on any atom is 0.277 e. The third kappa shape index (κ3) is 6.34. The third-order valence-corrected chi connectivity index (χ3v) is 4.03. The van der Waals surface area contributed by atoms with Crippen molar-refractivity contribution in [3.63, 3.8) is 0 Å². The number of rotatable bonds is 7. The Balaban J connectivity index is 1.83. The topological polar surface area (TPSA) is 93.8 Å². The minimum atomic E-state index is -0.459. The van der Waals surface area contributed by atoms with Gasteiger partial charge in [-0.25, -0.2) is 5.43 Å². The van der Waals surface area contributed by atoms with Crippen molar-refractivity contribution >= 4 is 39.8 Å². The van der Waals surface area contributed by atoms with Gasteiger partial charge >= 0.3 is 0 Å². The molecule has 0 bridgehead atoms. The summed E-state index contributed by atoms with van der Waals surface area (Å²) in [6.07, 6.45) is 4.59. The second-order valence-electron chi connectivity index (χ2n) is 5.71. The quantitative estimate of drug-likeness (QED) is 0.404. The van der Waals surface area contributed by atoms with Gasteiger partial charge in [0.1, 0.15) is 5.75 Å². The van der Waals surface area contributed by atoms with Gasteiger partial charge in [-0.05, 0) is 58.6 Å². The van der Waals surface area contributed by atoms with Crippen LogP contribution in [0, 0.1) is 24.0 Å². The fourth-order valence-corrected chi connectivity index (χ4v) is 3.09. The molecule has 1 N–H and O–H groups in total. The number of nitro benzene ring substituents is 1. The predicted molar refractivity (Wildman–Crippen MR) is 108 cm³/mol. The molecule has 140 valence electrons. The summed E-state index contributed by atoms with van der Waals surface area (Å²) in [7, 11) is 0. The summed E-state index contributed by atoms with van der Waals surface area (Å²) in [6.45, 7) is 3.71. The molecule has 0 unspecified atom stereocenters. The average Bonchev–Trinajstić information content (AvgIpc) is 2.60. The van der Waals surface area contributed by atoms with Gasteiger partial charge in [-0.1, -0.05) is 24.3 Å². The van der Waals surface area contributed by atoms with Crippen LogP contribution in [0.3, 0.4) is 0 Å². The number of nitrogens with zero attached hydrogens (tertiary/aromatic N) is 2. The minimum Gasteiger partial charge on any atom is -0.482 e. The van der Waals surface area contributed by atoms with E-state index in [4.69, 9.17) is 4.74 Å². The molecule has 0 radical (unpaired) electrons. The lowest BCUT2D eigenvalue weighted by molar-refractivity contribution is -0.384. The summed E-state index contributed by atoms with van der Waals surface area (Å²) in [4.78, 5) is 22.1. The van der Waals surface area contributed by atoms with Crippen molar-refractivity contribution in [2.24, 2.45) is 5.10 Å². The van der Waals surface area contributed by atoms with E-state index in [9.17, 15) is 14.9 Å². The highest BCUT2D eigenvalue weighted by Crippen LogP contribution is 2.30. The number of amides is 1. The van der Waals surface area contributed by atoms with Crippen LogP contribution in [0.2, 0.25) is 0 Å². The number of halogens is 1. The first-order valence-electron chi connectivity index (χ1n) is 7.99. The Labute approximate surface area is 165 Å². The molecule has 1 amide bonds. The molecule has 0 fully saturated rings. The highest BCUT2D eigenvalue weighted by Gasteiger charge is 2.08. The van der Waals surface area contributed by atoms with E-state index >= 15 is 0 Å². The van der Waals surface area contributed by atoms with E-state index in [1.807, 2.05) is 26.0 Å². The molecule has 0 atom stereocenters. The molecule has 27 heavy (non-hydrogen) atoms. The zero-order valence-electron chi connectivity index (χ0n) is 14.8. The van der Waals surface area contributed by atoms with E-state index in [0.29, 0.717) is 11.3 Å². The van der Waals surface area contributed by atoms with Crippen molar-refractivity contribution in [1.82, 2.24) is 5.43 Å². The first-order valence-corrected chi connectivity index (χ1v) is 8.78. The van der Waals surface area contributed by atoms with Crippen LogP contribution in [0.4, 0.5) is 5.69 Å². The van der Waals surface area contributed by atoms with Gasteiger partial charge in [-0.3, -0.25) is 14.9 Å². The van der Waals surface area contributed by atoms with Crippen molar-refractivity contribution in [1.29, 1.82) is 0 Å². The first kappa shape index (κ1) is 20.3. The number of ether oxygens (including phenoxy) is 1. The monoisotopic (exact) mass is 431 g/mol. The van der Waals surface area contributed by atoms with Gasteiger partial charge in [0.05, 0.1) is 9.40 Å².